The van der Waals surface area contributed by atoms with Gasteiger partial charge in [-0.1, -0.05) is 17.7 Å². The number of carbonyl (C=O) groups is 1. The van der Waals surface area contributed by atoms with Gasteiger partial charge < -0.3 is 14.4 Å². The van der Waals surface area contributed by atoms with Crippen LogP contribution in [0.25, 0.3) is 0 Å². The Kier molecular flexibility index (Phi) is 5.92. The fourth-order valence-corrected chi connectivity index (χ4v) is 2.23. The molecule has 0 radical (unpaired) electrons. The normalized spacial score (nSPS) is 10.6. The molecule has 0 saturated heterocycles. The van der Waals surface area contributed by atoms with Crippen LogP contribution in [-0.4, -0.2) is 36.6 Å². The van der Waals surface area contributed by atoms with Crippen molar-refractivity contribution >= 4 is 17.5 Å². The number of halogens is 3. The number of hydrogen-bond acceptors (Lipinski definition) is 4. The minimum atomic E-state index is -2.97. The van der Waals surface area contributed by atoms with Gasteiger partial charge in [-0.2, -0.15) is 8.78 Å². The van der Waals surface area contributed by atoms with E-state index in [2.05, 4.69) is 9.72 Å². The molecule has 0 atom stereocenters. The number of ether oxygens (including phenoxy) is 2. The van der Waals surface area contributed by atoms with Crippen molar-refractivity contribution in [1.29, 1.82) is 0 Å². The van der Waals surface area contributed by atoms with Crippen LogP contribution in [0.2, 0.25) is 5.02 Å². The second-order valence-electron chi connectivity index (χ2n) is 4.88. The van der Waals surface area contributed by atoms with Crippen molar-refractivity contribution in [3.63, 3.8) is 0 Å². The van der Waals surface area contributed by atoms with E-state index in [0.717, 1.165) is 0 Å². The smallest absolute Gasteiger partial charge is 0.387 e. The van der Waals surface area contributed by atoms with Gasteiger partial charge in [0.15, 0.2) is 11.5 Å². The van der Waals surface area contributed by atoms with Crippen molar-refractivity contribution in [2.24, 2.45) is 0 Å². The van der Waals surface area contributed by atoms with Gasteiger partial charge in [0.1, 0.15) is 5.69 Å². The number of rotatable bonds is 6. The van der Waals surface area contributed by atoms with Crippen molar-refractivity contribution in [2.45, 2.75) is 13.2 Å². The summed E-state index contributed by atoms with van der Waals surface area (Å²) in [6, 6.07) is 7.59. The third-order valence-electron chi connectivity index (χ3n) is 3.15. The summed E-state index contributed by atoms with van der Waals surface area (Å²) >= 11 is 5.84. The van der Waals surface area contributed by atoms with Gasteiger partial charge in [0.05, 0.1) is 7.11 Å². The molecule has 1 amide bonds. The van der Waals surface area contributed by atoms with E-state index >= 15 is 0 Å². The van der Waals surface area contributed by atoms with Crippen LogP contribution in [0.3, 0.4) is 0 Å². The molecule has 0 aliphatic heterocycles. The number of carbonyl (C=O) groups excluding carboxylic acids is 1. The predicted octanol–water partition coefficient (Wildman–Crippen LogP) is 3.62. The monoisotopic (exact) mass is 356 g/mol. The topological polar surface area (TPSA) is 51.7 Å². The van der Waals surface area contributed by atoms with E-state index in [0.29, 0.717) is 10.6 Å². The van der Waals surface area contributed by atoms with Gasteiger partial charge in [-0.25, -0.2) is 0 Å². The van der Waals surface area contributed by atoms with Crippen LogP contribution in [0.4, 0.5) is 8.78 Å². The zero-order valence-corrected chi connectivity index (χ0v) is 13.8. The molecule has 0 fully saturated rings. The lowest BCUT2D eigenvalue weighted by molar-refractivity contribution is -0.0512. The molecule has 1 aromatic carbocycles. The van der Waals surface area contributed by atoms with Gasteiger partial charge in [-0.3, -0.25) is 9.78 Å². The molecule has 0 aliphatic carbocycles. The van der Waals surface area contributed by atoms with E-state index in [4.69, 9.17) is 16.3 Å². The average Bonchev–Trinajstić information content (AvgIpc) is 2.54. The molecule has 0 spiro atoms. The molecule has 1 heterocycles. The predicted molar refractivity (Wildman–Crippen MR) is 84.7 cm³/mol. The lowest BCUT2D eigenvalue weighted by Crippen LogP contribution is -2.27. The number of hydrogen-bond donors (Lipinski definition) is 0. The maximum absolute atomic E-state index is 12.5. The van der Waals surface area contributed by atoms with E-state index < -0.39 is 6.61 Å². The Hall–Kier alpha value is -2.41. The first-order chi connectivity index (χ1) is 11.4. The molecule has 1 aromatic heterocycles. The summed E-state index contributed by atoms with van der Waals surface area (Å²) in [6.07, 6.45) is 1.44. The van der Waals surface area contributed by atoms with E-state index in [1.165, 1.54) is 36.4 Å². The third-order valence-corrected chi connectivity index (χ3v) is 3.39. The van der Waals surface area contributed by atoms with E-state index in [1.54, 1.807) is 19.2 Å². The first kappa shape index (κ1) is 17.9. The first-order valence-corrected chi connectivity index (χ1v) is 7.27. The number of pyridine rings is 1. The van der Waals surface area contributed by atoms with Crippen molar-refractivity contribution in [1.82, 2.24) is 9.88 Å². The highest BCUT2D eigenvalue weighted by atomic mass is 35.5. The summed E-state index contributed by atoms with van der Waals surface area (Å²) in [5.74, 6) is -0.249. The molecule has 5 nitrogen and oxygen atoms in total. The summed E-state index contributed by atoms with van der Waals surface area (Å²) in [6.45, 7) is -2.79. The zero-order valence-electron chi connectivity index (χ0n) is 13.0. The number of nitrogens with zero attached hydrogens (tertiary/aromatic N) is 2. The summed E-state index contributed by atoms with van der Waals surface area (Å²) < 4.78 is 34.3. The molecule has 0 N–H and O–H groups in total. The van der Waals surface area contributed by atoms with Gasteiger partial charge in [0.25, 0.3) is 5.91 Å². The lowest BCUT2D eigenvalue weighted by atomic mass is 10.2. The second-order valence-corrected chi connectivity index (χ2v) is 5.32. The highest BCUT2D eigenvalue weighted by Gasteiger charge is 2.16. The number of methoxy groups -OCH3 is 1. The highest BCUT2D eigenvalue weighted by Crippen LogP contribution is 2.30. The minimum absolute atomic E-state index is 0.0910. The summed E-state index contributed by atoms with van der Waals surface area (Å²) in [7, 11) is 2.93. The molecule has 8 heteroatoms. The molecule has 128 valence electrons. The Labute approximate surface area is 142 Å². The molecule has 24 heavy (non-hydrogen) atoms. The Bertz CT molecular complexity index is 728. The Morgan fingerprint density at radius 3 is 2.67 bits per heavy atom. The number of amides is 1. The summed E-state index contributed by atoms with van der Waals surface area (Å²) in [4.78, 5) is 17.7. The molecular weight excluding hydrogens is 342 g/mol. The zero-order chi connectivity index (χ0) is 17.7. The standard InChI is InChI=1S/C16H15ClF2N2O3/c1-21(15(22)12-8-11(17)5-6-20-12)9-10-3-4-13(23-2)14(7-10)24-16(18)19/h3-8,16H,9H2,1-2H3. The van der Waals surface area contributed by atoms with Gasteiger partial charge in [-0.15, -0.1) is 0 Å². The van der Waals surface area contributed by atoms with Crippen LogP contribution in [0.1, 0.15) is 16.1 Å². The van der Waals surface area contributed by atoms with E-state index in [1.807, 2.05) is 0 Å². The number of alkyl halides is 2. The van der Waals surface area contributed by atoms with Crippen molar-refractivity contribution in [3.05, 3.63) is 52.8 Å². The molecule has 0 bridgehead atoms. The molecule has 0 aliphatic rings. The average molecular weight is 357 g/mol. The van der Waals surface area contributed by atoms with Crippen molar-refractivity contribution in [3.8, 4) is 11.5 Å². The van der Waals surface area contributed by atoms with Crippen molar-refractivity contribution < 1.29 is 23.0 Å². The largest absolute Gasteiger partial charge is 0.493 e. The lowest BCUT2D eigenvalue weighted by Gasteiger charge is -2.18. The van der Waals surface area contributed by atoms with Gasteiger partial charge in [-0.05, 0) is 29.8 Å². The van der Waals surface area contributed by atoms with Crippen LogP contribution >= 0.6 is 11.6 Å². The van der Waals surface area contributed by atoms with Gasteiger partial charge >= 0.3 is 6.61 Å². The number of benzene rings is 1. The van der Waals surface area contributed by atoms with Crippen LogP contribution in [-0.2, 0) is 6.54 Å². The quantitative estimate of drug-likeness (QED) is 0.793. The highest BCUT2D eigenvalue weighted by molar-refractivity contribution is 6.30. The van der Waals surface area contributed by atoms with Gasteiger partial charge in [0.2, 0.25) is 0 Å². The summed E-state index contributed by atoms with van der Waals surface area (Å²) in [5, 5.41) is 0.402. The van der Waals surface area contributed by atoms with E-state index in [-0.39, 0.29) is 29.6 Å². The SMILES string of the molecule is COc1ccc(CN(C)C(=O)c2cc(Cl)ccn2)cc1OC(F)F. The molecular formula is C16H15ClF2N2O3. The Morgan fingerprint density at radius 1 is 1.29 bits per heavy atom. The molecule has 0 unspecified atom stereocenters. The van der Waals surface area contributed by atoms with Crippen molar-refractivity contribution in [2.75, 3.05) is 14.2 Å². The fourth-order valence-electron chi connectivity index (χ4n) is 2.07. The molecule has 0 saturated carbocycles. The molecule has 2 rings (SSSR count). The Morgan fingerprint density at radius 2 is 2.04 bits per heavy atom. The van der Waals surface area contributed by atoms with Crippen LogP contribution in [0, 0.1) is 0 Å². The minimum Gasteiger partial charge on any atom is -0.493 e. The summed E-state index contributed by atoms with van der Waals surface area (Å²) in [5.41, 5.74) is 0.798. The van der Waals surface area contributed by atoms with Crippen LogP contribution in [0.15, 0.2) is 36.5 Å². The Balaban J connectivity index is 2.16. The van der Waals surface area contributed by atoms with Crippen LogP contribution < -0.4 is 9.47 Å². The van der Waals surface area contributed by atoms with Gasteiger partial charge in [0, 0.05) is 24.8 Å². The number of aromatic nitrogens is 1. The van der Waals surface area contributed by atoms with Crippen LogP contribution in [0.5, 0.6) is 11.5 Å². The molecule has 2 aromatic rings. The first-order valence-electron chi connectivity index (χ1n) is 6.89. The maximum atomic E-state index is 12.5. The maximum Gasteiger partial charge on any atom is 0.387 e. The van der Waals surface area contributed by atoms with E-state index in [9.17, 15) is 13.6 Å². The second kappa shape index (κ2) is 7.92. The third kappa shape index (κ3) is 4.55. The fraction of sp³-hybridized carbons (Fsp3) is 0.250.